The van der Waals surface area contributed by atoms with Crippen molar-refractivity contribution in [2.45, 2.75) is 25.2 Å². The van der Waals surface area contributed by atoms with E-state index in [4.69, 9.17) is 4.74 Å². The molecule has 1 aromatic rings. The van der Waals surface area contributed by atoms with Crippen molar-refractivity contribution >= 4 is 18.6 Å². The molecule has 0 aliphatic carbocycles. The van der Waals surface area contributed by atoms with E-state index < -0.39 is 0 Å². The van der Waals surface area contributed by atoms with E-state index in [2.05, 4.69) is 24.3 Å². The number of esters is 1. The van der Waals surface area contributed by atoms with E-state index >= 15 is 0 Å². The first-order valence-electron chi connectivity index (χ1n) is 5.10. The number of methoxy groups -OCH3 is 1. The summed E-state index contributed by atoms with van der Waals surface area (Å²) < 4.78 is 9.89. The molecule has 4 heteroatoms. The first-order valence-corrected chi connectivity index (χ1v) is 5.55. The summed E-state index contributed by atoms with van der Waals surface area (Å²) in [4.78, 5) is 11.9. The van der Waals surface area contributed by atoms with Crippen LogP contribution < -0.4 is 4.74 Å². The summed E-state index contributed by atoms with van der Waals surface area (Å²) in [6, 6.07) is 3.86. The lowest BCUT2D eigenvalue weighted by Crippen LogP contribution is -2.13. The topological polar surface area (TPSA) is 35.5 Å². The predicted molar refractivity (Wildman–Crippen MR) is 65.3 cm³/mol. The summed E-state index contributed by atoms with van der Waals surface area (Å²) in [5.41, 5.74) is 2.07. The second-order valence-corrected chi connectivity index (χ2v) is 3.95. The van der Waals surface area contributed by atoms with Gasteiger partial charge in [-0.1, -0.05) is 6.92 Å². The molecule has 0 saturated carbocycles. The van der Waals surface area contributed by atoms with E-state index in [9.17, 15) is 4.79 Å². The van der Waals surface area contributed by atoms with Crippen LogP contribution in [0, 0.1) is 6.92 Å². The summed E-state index contributed by atoms with van der Waals surface area (Å²) in [7, 11) is 1.34. The number of ether oxygens (including phenoxy) is 2. The monoisotopic (exact) mass is 240 g/mol. The third-order valence-corrected chi connectivity index (χ3v) is 2.75. The molecule has 3 nitrogen and oxygen atoms in total. The molecule has 0 saturated heterocycles. The van der Waals surface area contributed by atoms with Crippen LogP contribution in [0.5, 0.6) is 5.75 Å². The Hall–Kier alpha value is -1.16. The van der Waals surface area contributed by atoms with Gasteiger partial charge < -0.3 is 9.47 Å². The highest BCUT2D eigenvalue weighted by atomic mass is 32.1. The van der Waals surface area contributed by atoms with Crippen molar-refractivity contribution in [3.8, 4) is 5.75 Å². The molecule has 16 heavy (non-hydrogen) atoms. The first-order chi connectivity index (χ1) is 7.58. The highest BCUT2D eigenvalue weighted by Gasteiger charge is 2.07. The Morgan fingerprint density at radius 3 is 2.69 bits per heavy atom. The second-order valence-electron chi connectivity index (χ2n) is 3.46. The van der Waals surface area contributed by atoms with Crippen molar-refractivity contribution in [1.82, 2.24) is 0 Å². The normalized spacial score (nSPS) is 10.0. The van der Waals surface area contributed by atoms with Crippen molar-refractivity contribution in [2.75, 3.05) is 13.7 Å². The maximum absolute atomic E-state index is 11.0. The molecule has 0 radical (unpaired) electrons. The third-order valence-electron chi connectivity index (χ3n) is 2.33. The number of hydrogen-bond donors (Lipinski definition) is 1. The highest BCUT2D eigenvalue weighted by Crippen LogP contribution is 2.25. The van der Waals surface area contributed by atoms with E-state index in [-0.39, 0.29) is 12.6 Å². The zero-order chi connectivity index (χ0) is 12.1. The smallest absolute Gasteiger partial charge is 0.343 e. The van der Waals surface area contributed by atoms with Crippen molar-refractivity contribution in [1.29, 1.82) is 0 Å². The molecular weight excluding hydrogens is 224 g/mol. The SMILES string of the molecule is CCc1cc(OCC(=O)OC)c(C)cc1S. The van der Waals surface area contributed by atoms with Gasteiger partial charge in [-0.2, -0.15) is 0 Å². The second kappa shape index (κ2) is 5.80. The van der Waals surface area contributed by atoms with Gasteiger partial charge in [0.05, 0.1) is 7.11 Å². The van der Waals surface area contributed by atoms with Crippen LogP contribution in [0.15, 0.2) is 17.0 Å². The predicted octanol–water partition coefficient (Wildman–Crippen LogP) is 2.40. The van der Waals surface area contributed by atoms with Crippen molar-refractivity contribution in [2.24, 2.45) is 0 Å². The lowest BCUT2D eigenvalue weighted by Gasteiger charge is -2.11. The first kappa shape index (κ1) is 12.9. The molecule has 0 unspecified atom stereocenters. The van der Waals surface area contributed by atoms with Gasteiger partial charge in [-0.05, 0) is 36.6 Å². The molecule has 0 atom stereocenters. The van der Waals surface area contributed by atoms with E-state index in [0.717, 1.165) is 22.4 Å². The van der Waals surface area contributed by atoms with Gasteiger partial charge in [-0.25, -0.2) is 4.79 Å². The minimum atomic E-state index is -0.382. The Balaban J connectivity index is 2.83. The largest absolute Gasteiger partial charge is 0.482 e. The lowest BCUT2D eigenvalue weighted by molar-refractivity contribution is -0.142. The fourth-order valence-corrected chi connectivity index (χ4v) is 1.77. The number of carbonyl (C=O) groups excluding carboxylic acids is 1. The summed E-state index contributed by atoms with van der Waals surface area (Å²) in [6.45, 7) is 3.91. The van der Waals surface area contributed by atoms with E-state index in [1.807, 2.05) is 19.1 Å². The fourth-order valence-electron chi connectivity index (χ4n) is 1.35. The lowest BCUT2D eigenvalue weighted by atomic mass is 10.1. The number of carbonyl (C=O) groups is 1. The number of aryl methyl sites for hydroxylation is 2. The molecule has 0 N–H and O–H groups in total. The van der Waals surface area contributed by atoms with Crippen molar-refractivity contribution in [3.63, 3.8) is 0 Å². The molecule has 0 spiro atoms. The van der Waals surface area contributed by atoms with Crippen LogP contribution in [0.2, 0.25) is 0 Å². The van der Waals surface area contributed by atoms with Crippen LogP contribution in [0.25, 0.3) is 0 Å². The third kappa shape index (κ3) is 3.17. The Labute approximate surface area is 101 Å². The maximum atomic E-state index is 11.0. The van der Waals surface area contributed by atoms with Crippen LogP contribution in [0.3, 0.4) is 0 Å². The van der Waals surface area contributed by atoms with Gasteiger partial charge in [-0.3, -0.25) is 0 Å². The van der Waals surface area contributed by atoms with Gasteiger partial charge in [0.1, 0.15) is 5.75 Å². The number of rotatable bonds is 4. The van der Waals surface area contributed by atoms with E-state index in [0.29, 0.717) is 5.75 Å². The van der Waals surface area contributed by atoms with Crippen molar-refractivity contribution < 1.29 is 14.3 Å². The molecule has 0 bridgehead atoms. The van der Waals surface area contributed by atoms with Crippen LogP contribution in [-0.2, 0) is 16.0 Å². The van der Waals surface area contributed by atoms with Crippen LogP contribution in [0.1, 0.15) is 18.1 Å². The average Bonchev–Trinajstić information content (AvgIpc) is 2.27. The summed E-state index contributed by atoms with van der Waals surface area (Å²) in [5, 5.41) is 0. The molecule has 88 valence electrons. The minimum Gasteiger partial charge on any atom is -0.482 e. The molecule has 1 aromatic carbocycles. The zero-order valence-electron chi connectivity index (χ0n) is 9.74. The molecule has 0 heterocycles. The minimum absolute atomic E-state index is 0.0631. The Bertz CT molecular complexity index is 388. The Kier molecular flexibility index (Phi) is 4.68. The number of thiol groups is 1. The Morgan fingerprint density at radius 1 is 1.44 bits per heavy atom. The summed E-state index contributed by atoms with van der Waals surface area (Å²) in [5.74, 6) is 0.326. The van der Waals surface area contributed by atoms with E-state index in [1.165, 1.54) is 7.11 Å². The quantitative estimate of drug-likeness (QED) is 0.648. The van der Waals surface area contributed by atoms with E-state index in [1.54, 1.807) is 0 Å². The van der Waals surface area contributed by atoms with Gasteiger partial charge in [0, 0.05) is 4.90 Å². The van der Waals surface area contributed by atoms with Crippen LogP contribution in [-0.4, -0.2) is 19.7 Å². The molecular formula is C12H16O3S. The molecule has 0 aromatic heterocycles. The van der Waals surface area contributed by atoms with Crippen LogP contribution >= 0.6 is 12.6 Å². The standard InChI is InChI=1S/C12H16O3S/c1-4-9-6-10(8(2)5-11(9)16)15-7-12(13)14-3/h5-6,16H,4,7H2,1-3H3. The van der Waals surface area contributed by atoms with Gasteiger partial charge >= 0.3 is 5.97 Å². The van der Waals surface area contributed by atoms with Gasteiger partial charge in [-0.15, -0.1) is 12.6 Å². The number of hydrogen-bond acceptors (Lipinski definition) is 4. The van der Waals surface area contributed by atoms with Gasteiger partial charge in [0.15, 0.2) is 6.61 Å². The van der Waals surface area contributed by atoms with Gasteiger partial charge in [0.2, 0.25) is 0 Å². The molecule has 0 aliphatic rings. The number of benzene rings is 1. The molecule has 0 fully saturated rings. The Morgan fingerprint density at radius 2 is 2.12 bits per heavy atom. The zero-order valence-corrected chi connectivity index (χ0v) is 10.6. The fraction of sp³-hybridized carbons (Fsp3) is 0.417. The molecule has 1 rings (SSSR count). The average molecular weight is 240 g/mol. The summed E-state index contributed by atoms with van der Waals surface area (Å²) in [6.07, 6.45) is 0.883. The van der Waals surface area contributed by atoms with Crippen molar-refractivity contribution in [3.05, 3.63) is 23.3 Å². The highest BCUT2D eigenvalue weighted by molar-refractivity contribution is 7.80. The molecule has 0 aliphatic heterocycles. The summed E-state index contributed by atoms with van der Waals surface area (Å²) >= 11 is 4.37. The van der Waals surface area contributed by atoms with Crippen LogP contribution in [0.4, 0.5) is 0 Å². The molecule has 0 amide bonds. The van der Waals surface area contributed by atoms with Gasteiger partial charge in [0.25, 0.3) is 0 Å². The maximum Gasteiger partial charge on any atom is 0.343 e.